The molecule has 3 amide bonds. The first-order valence-corrected chi connectivity index (χ1v) is 14.9. The number of aliphatic carboxylic acids is 1. The van der Waals surface area contributed by atoms with E-state index in [4.69, 9.17) is 4.98 Å². The van der Waals surface area contributed by atoms with E-state index in [1.54, 1.807) is 4.90 Å². The molecule has 3 aromatic rings. The van der Waals surface area contributed by atoms with Gasteiger partial charge in [0.05, 0.1) is 23.9 Å². The van der Waals surface area contributed by atoms with Crippen LogP contribution in [0.5, 0.6) is 0 Å². The van der Waals surface area contributed by atoms with E-state index < -0.39 is 11.9 Å². The van der Waals surface area contributed by atoms with Gasteiger partial charge >= 0.3 is 12.0 Å². The third kappa shape index (κ3) is 5.72. The third-order valence-electron chi connectivity index (χ3n) is 8.14. The summed E-state index contributed by atoms with van der Waals surface area (Å²) in [6.07, 6.45) is 8.61. The second kappa shape index (κ2) is 11.4. The van der Waals surface area contributed by atoms with Gasteiger partial charge < -0.3 is 15.7 Å². The van der Waals surface area contributed by atoms with Gasteiger partial charge in [-0.3, -0.25) is 19.5 Å². The van der Waals surface area contributed by atoms with Crippen molar-refractivity contribution >= 4 is 34.4 Å². The second-order valence-corrected chi connectivity index (χ2v) is 11.9. The lowest BCUT2D eigenvalue weighted by atomic mass is 9.90. The summed E-state index contributed by atoms with van der Waals surface area (Å²) in [6.45, 7) is 0.508. The molecular formula is C30H33N5O4S. The maximum atomic E-state index is 13.8. The molecule has 1 unspecified atom stereocenters. The fraction of sp³-hybridized carbons (Fsp3) is 0.433. The van der Waals surface area contributed by atoms with Crippen molar-refractivity contribution in [3.05, 3.63) is 53.7 Å². The van der Waals surface area contributed by atoms with Crippen molar-refractivity contribution in [2.75, 3.05) is 11.4 Å². The number of rotatable bonds is 10. The summed E-state index contributed by atoms with van der Waals surface area (Å²) in [6, 6.07) is 11.7. The molecule has 208 valence electrons. The normalized spacial score (nSPS) is 19.7. The fourth-order valence-corrected chi connectivity index (χ4v) is 6.85. The minimum Gasteiger partial charge on any atom is -0.481 e. The highest BCUT2D eigenvalue weighted by Crippen LogP contribution is 2.40. The first-order chi connectivity index (χ1) is 19.5. The lowest BCUT2D eigenvalue weighted by Gasteiger charge is -2.26. The number of hydrogen-bond donors (Lipinski definition) is 3. The van der Waals surface area contributed by atoms with E-state index in [-0.39, 0.29) is 30.4 Å². The predicted molar refractivity (Wildman–Crippen MR) is 153 cm³/mol. The van der Waals surface area contributed by atoms with Crippen LogP contribution in [0.25, 0.3) is 22.4 Å². The number of anilines is 1. The molecule has 40 heavy (non-hydrogen) atoms. The number of hydrogen-bond acceptors (Lipinski definition) is 6. The number of carbonyl (C=O) groups excluding carboxylic acids is 2. The molecule has 9 nitrogen and oxygen atoms in total. The highest BCUT2D eigenvalue weighted by molar-refractivity contribution is 7.14. The van der Waals surface area contributed by atoms with Crippen LogP contribution in [0.4, 0.5) is 9.93 Å². The van der Waals surface area contributed by atoms with Crippen LogP contribution >= 0.6 is 11.3 Å². The molecule has 0 bridgehead atoms. The number of urea groups is 1. The Hall–Kier alpha value is -3.79. The zero-order valence-corrected chi connectivity index (χ0v) is 23.0. The third-order valence-corrected chi connectivity index (χ3v) is 8.98. The number of carbonyl (C=O) groups is 3. The van der Waals surface area contributed by atoms with Gasteiger partial charge in [-0.25, -0.2) is 9.78 Å². The van der Waals surface area contributed by atoms with Crippen molar-refractivity contribution in [1.82, 2.24) is 20.6 Å². The van der Waals surface area contributed by atoms with Gasteiger partial charge in [-0.2, -0.15) is 0 Å². The monoisotopic (exact) mass is 559 g/mol. The SMILES string of the molecule is O=C(O)C[C@@H](CC1CCCC1)C(=O)N(c1nc(-c2ccccc2-c2ccc(C3CNC(=O)N3)nc2)cs1)C1CC1. The van der Waals surface area contributed by atoms with Crippen molar-refractivity contribution in [3.8, 4) is 22.4 Å². The van der Waals surface area contributed by atoms with Crippen LogP contribution in [0.2, 0.25) is 0 Å². The Morgan fingerprint density at radius 1 is 1.07 bits per heavy atom. The first kappa shape index (κ1) is 26.4. The van der Waals surface area contributed by atoms with E-state index >= 15 is 0 Å². The van der Waals surface area contributed by atoms with Gasteiger partial charge in [0.1, 0.15) is 0 Å². The van der Waals surface area contributed by atoms with Crippen LogP contribution in [-0.2, 0) is 9.59 Å². The minimum absolute atomic E-state index is 0.0870. The highest BCUT2D eigenvalue weighted by Gasteiger charge is 2.40. The predicted octanol–water partition coefficient (Wildman–Crippen LogP) is 5.39. The quantitative estimate of drug-likeness (QED) is 0.306. The summed E-state index contributed by atoms with van der Waals surface area (Å²) in [7, 11) is 0. The summed E-state index contributed by atoms with van der Waals surface area (Å²) < 4.78 is 0. The van der Waals surface area contributed by atoms with Crippen molar-refractivity contribution < 1.29 is 19.5 Å². The smallest absolute Gasteiger partial charge is 0.315 e. The zero-order valence-electron chi connectivity index (χ0n) is 22.2. The maximum absolute atomic E-state index is 13.8. The number of pyridine rings is 1. The van der Waals surface area contributed by atoms with Crippen molar-refractivity contribution in [3.63, 3.8) is 0 Å². The fourth-order valence-electron chi connectivity index (χ4n) is 5.95. The minimum atomic E-state index is -0.924. The molecule has 3 heterocycles. The van der Waals surface area contributed by atoms with Gasteiger partial charge in [-0.15, -0.1) is 11.3 Å². The first-order valence-electron chi connectivity index (χ1n) is 14.1. The molecule has 2 aliphatic carbocycles. The Labute approximate surface area is 237 Å². The summed E-state index contributed by atoms with van der Waals surface area (Å²) in [5.74, 6) is -1.12. The second-order valence-electron chi connectivity index (χ2n) is 11.1. The number of aromatic nitrogens is 2. The molecule has 1 aromatic carbocycles. The molecule has 0 spiro atoms. The largest absolute Gasteiger partial charge is 0.481 e. The molecular weight excluding hydrogens is 526 g/mol. The number of thiazole rings is 1. The Morgan fingerprint density at radius 3 is 2.50 bits per heavy atom. The van der Waals surface area contributed by atoms with Gasteiger partial charge in [0.25, 0.3) is 0 Å². The van der Waals surface area contributed by atoms with Gasteiger partial charge in [-0.1, -0.05) is 56.0 Å². The van der Waals surface area contributed by atoms with Crippen LogP contribution in [0, 0.1) is 11.8 Å². The highest BCUT2D eigenvalue weighted by atomic mass is 32.1. The van der Waals surface area contributed by atoms with Crippen molar-refractivity contribution in [1.29, 1.82) is 0 Å². The van der Waals surface area contributed by atoms with E-state index in [0.717, 1.165) is 66.6 Å². The molecule has 0 radical (unpaired) electrons. The average molecular weight is 560 g/mol. The topological polar surface area (TPSA) is 125 Å². The number of nitrogens with one attached hydrogen (secondary N) is 2. The van der Waals surface area contributed by atoms with Crippen LogP contribution in [-0.4, -0.2) is 45.6 Å². The van der Waals surface area contributed by atoms with Crippen LogP contribution in [0.15, 0.2) is 48.0 Å². The van der Waals surface area contributed by atoms with Crippen molar-refractivity contribution in [2.24, 2.45) is 11.8 Å². The van der Waals surface area contributed by atoms with E-state index in [1.807, 2.05) is 48.0 Å². The molecule has 3 N–H and O–H groups in total. The lowest BCUT2D eigenvalue weighted by molar-refractivity contribution is -0.141. The number of nitrogens with zero attached hydrogens (tertiary/aromatic N) is 3. The van der Waals surface area contributed by atoms with E-state index in [1.165, 1.54) is 11.3 Å². The van der Waals surface area contributed by atoms with Gasteiger partial charge in [0.2, 0.25) is 5.91 Å². The van der Waals surface area contributed by atoms with Gasteiger partial charge in [0, 0.05) is 41.2 Å². The molecule has 1 saturated heterocycles. The molecule has 10 heteroatoms. The molecule has 2 aromatic heterocycles. The van der Waals surface area contributed by atoms with Crippen LogP contribution in [0.1, 0.15) is 63.1 Å². The molecule has 3 aliphatic rings. The number of carboxylic acids is 1. The van der Waals surface area contributed by atoms with E-state index in [9.17, 15) is 19.5 Å². The van der Waals surface area contributed by atoms with E-state index in [0.29, 0.717) is 24.0 Å². The van der Waals surface area contributed by atoms with Gasteiger partial charge in [0.15, 0.2) is 5.13 Å². The maximum Gasteiger partial charge on any atom is 0.315 e. The van der Waals surface area contributed by atoms with E-state index in [2.05, 4.69) is 15.6 Å². The number of benzene rings is 1. The molecule has 1 aliphatic heterocycles. The summed E-state index contributed by atoms with van der Waals surface area (Å²) in [5.41, 5.74) is 4.41. The standard InChI is InChI=1S/C30H33N5O4S/c36-27(37)14-20(13-18-5-1-2-6-18)28(38)35(21-10-11-21)30-34-26(17-40-30)23-8-4-3-7-22(23)19-9-12-24(31-15-19)25-16-32-29(39)33-25/h3-4,7-9,12,15,17-18,20-21,25H,1-2,5-6,10-11,13-14,16H2,(H,36,37)(H2,32,33,39)/t20-,25?/m1/s1. The number of carboxylic acid groups (broad SMARTS) is 1. The zero-order chi connectivity index (χ0) is 27.6. The Kier molecular flexibility index (Phi) is 7.51. The molecule has 2 atom stereocenters. The Balaban J connectivity index is 1.25. The summed E-state index contributed by atoms with van der Waals surface area (Å²) in [5, 5.41) is 17.8. The Morgan fingerprint density at radius 2 is 1.85 bits per heavy atom. The molecule has 6 rings (SSSR count). The summed E-state index contributed by atoms with van der Waals surface area (Å²) in [4.78, 5) is 48.4. The van der Waals surface area contributed by atoms with Crippen molar-refractivity contribution in [2.45, 2.75) is 63.5 Å². The van der Waals surface area contributed by atoms with Crippen LogP contribution < -0.4 is 15.5 Å². The summed E-state index contributed by atoms with van der Waals surface area (Å²) >= 11 is 1.44. The van der Waals surface area contributed by atoms with Gasteiger partial charge in [-0.05, 0) is 36.8 Å². The molecule has 3 fully saturated rings. The average Bonchev–Trinajstić information content (AvgIpc) is 3.31. The Bertz CT molecular complexity index is 1400. The van der Waals surface area contributed by atoms with Crippen LogP contribution in [0.3, 0.4) is 0 Å². The molecule has 2 saturated carbocycles. The lowest BCUT2D eigenvalue weighted by Crippen LogP contribution is -2.39. The number of amides is 3.